The predicted octanol–water partition coefficient (Wildman–Crippen LogP) is 3.68. The Hall–Kier alpha value is -1.21. The van der Waals surface area contributed by atoms with Gasteiger partial charge in [0.2, 0.25) is 0 Å². The van der Waals surface area contributed by atoms with Gasteiger partial charge in [0.05, 0.1) is 6.10 Å². The van der Waals surface area contributed by atoms with Gasteiger partial charge in [-0.15, -0.1) is 11.8 Å². The molecule has 0 saturated heterocycles. The summed E-state index contributed by atoms with van der Waals surface area (Å²) in [6, 6.07) is 7.29. The fourth-order valence-corrected chi connectivity index (χ4v) is 2.80. The molecule has 0 spiro atoms. The van der Waals surface area contributed by atoms with Gasteiger partial charge in [-0.1, -0.05) is 25.5 Å². The first-order chi connectivity index (χ1) is 10.3. The van der Waals surface area contributed by atoms with E-state index < -0.39 is 18.2 Å². The Kier molecular flexibility index (Phi) is 7.75. The minimum Gasteiger partial charge on any atom is -0.388 e. The number of hydrogen-bond acceptors (Lipinski definition) is 3. The van der Waals surface area contributed by atoms with E-state index in [9.17, 15) is 23.1 Å². The summed E-state index contributed by atoms with van der Waals surface area (Å²) in [6.07, 6.45) is -3.55. The highest BCUT2D eigenvalue weighted by atomic mass is 32.2. The van der Waals surface area contributed by atoms with Crippen molar-refractivity contribution in [3.8, 4) is 0 Å². The maximum Gasteiger partial charge on any atom is 0.471 e. The van der Waals surface area contributed by atoms with Gasteiger partial charge < -0.3 is 10.4 Å². The molecule has 0 aromatic heterocycles. The Morgan fingerprint density at radius 3 is 2.77 bits per heavy atom. The van der Waals surface area contributed by atoms with Gasteiger partial charge in [0, 0.05) is 11.4 Å². The van der Waals surface area contributed by atoms with Gasteiger partial charge in [0.25, 0.3) is 0 Å². The molecule has 0 aliphatic carbocycles. The van der Waals surface area contributed by atoms with Crippen molar-refractivity contribution < 1.29 is 23.1 Å². The summed E-state index contributed by atoms with van der Waals surface area (Å²) in [5.74, 6) is -0.999. The average molecular weight is 335 g/mol. The fraction of sp³-hybridized carbons (Fsp3) is 0.533. The highest BCUT2D eigenvalue weighted by molar-refractivity contribution is 7.99. The molecule has 0 aliphatic rings. The normalized spacial score (nSPS) is 13.0. The van der Waals surface area contributed by atoms with Crippen LogP contribution < -0.4 is 5.32 Å². The van der Waals surface area contributed by atoms with Crippen LogP contribution in [0.2, 0.25) is 0 Å². The molecule has 22 heavy (non-hydrogen) atoms. The lowest BCUT2D eigenvalue weighted by Crippen LogP contribution is -2.37. The maximum absolute atomic E-state index is 12.0. The molecule has 0 saturated carbocycles. The molecule has 1 rings (SSSR count). The van der Waals surface area contributed by atoms with Crippen molar-refractivity contribution in [2.24, 2.45) is 0 Å². The molecule has 0 fully saturated rings. The Balaban J connectivity index is 2.46. The van der Waals surface area contributed by atoms with Crippen LogP contribution in [0.15, 0.2) is 29.2 Å². The van der Waals surface area contributed by atoms with E-state index in [0.29, 0.717) is 5.56 Å². The average Bonchev–Trinajstić information content (AvgIpc) is 2.46. The zero-order valence-electron chi connectivity index (χ0n) is 12.3. The van der Waals surface area contributed by atoms with Gasteiger partial charge in [-0.3, -0.25) is 4.79 Å². The minimum absolute atomic E-state index is 0.0326. The van der Waals surface area contributed by atoms with Crippen molar-refractivity contribution in [1.82, 2.24) is 5.32 Å². The SMILES string of the molecule is CCCCSc1cccc(C(O)CCNC(=O)C(F)(F)F)c1. The summed E-state index contributed by atoms with van der Waals surface area (Å²) >= 11 is 1.68. The number of aliphatic hydroxyl groups is 1. The number of rotatable bonds is 8. The van der Waals surface area contributed by atoms with E-state index in [0.717, 1.165) is 23.5 Å². The Morgan fingerprint density at radius 2 is 2.14 bits per heavy atom. The van der Waals surface area contributed by atoms with E-state index in [1.807, 2.05) is 12.1 Å². The van der Waals surface area contributed by atoms with Crippen LogP contribution in [-0.2, 0) is 4.79 Å². The molecule has 0 bridgehead atoms. The van der Waals surface area contributed by atoms with Gasteiger partial charge in [-0.25, -0.2) is 0 Å². The molecule has 0 radical (unpaired) electrons. The molecule has 1 atom stereocenters. The molecular formula is C15H20F3NO2S. The van der Waals surface area contributed by atoms with E-state index in [2.05, 4.69) is 6.92 Å². The lowest BCUT2D eigenvalue weighted by atomic mass is 10.1. The van der Waals surface area contributed by atoms with Crippen molar-refractivity contribution in [3.63, 3.8) is 0 Å². The molecule has 0 heterocycles. The number of carbonyl (C=O) groups is 1. The highest BCUT2D eigenvalue weighted by Crippen LogP contribution is 2.24. The summed E-state index contributed by atoms with van der Waals surface area (Å²) < 4.78 is 36.1. The fourth-order valence-electron chi connectivity index (χ4n) is 1.74. The number of unbranched alkanes of at least 4 members (excludes halogenated alkanes) is 1. The van der Waals surface area contributed by atoms with Gasteiger partial charge >= 0.3 is 12.1 Å². The number of aliphatic hydroxyl groups excluding tert-OH is 1. The van der Waals surface area contributed by atoms with Crippen molar-refractivity contribution >= 4 is 17.7 Å². The van der Waals surface area contributed by atoms with Gasteiger partial charge in [0.1, 0.15) is 0 Å². The second-order valence-corrected chi connectivity index (χ2v) is 6.00. The molecule has 1 unspecified atom stereocenters. The van der Waals surface area contributed by atoms with Crippen molar-refractivity contribution in [2.75, 3.05) is 12.3 Å². The van der Waals surface area contributed by atoms with Crippen LogP contribution in [-0.4, -0.2) is 29.5 Å². The molecule has 0 aliphatic heterocycles. The first-order valence-electron chi connectivity index (χ1n) is 7.10. The zero-order valence-corrected chi connectivity index (χ0v) is 13.1. The standard InChI is InChI=1S/C15H20F3NO2S/c1-2-3-9-22-12-6-4-5-11(10-12)13(20)7-8-19-14(21)15(16,17)18/h4-6,10,13,20H,2-3,7-9H2,1H3,(H,19,21). The molecule has 7 heteroatoms. The van der Waals surface area contributed by atoms with Gasteiger partial charge in [-0.2, -0.15) is 13.2 Å². The van der Waals surface area contributed by atoms with Crippen LogP contribution in [0.4, 0.5) is 13.2 Å². The van der Waals surface area contributed by atoms with Crippen molar-refractivity contribution in [2.45, 2.75) is 43.4 Å². The first kappa shape index (κ1) is 18.8. The Bertz CT molecular complexity index is 480. The predicted molar refractivity (Wildman–Crippen MR) is 80.7 cm³/mol. The monoisotopic (exact) mass is 335 g/mol. The Morgan fingerprint density at radius 1 is 1.41 bits per heavy atom. The number of halogens is 3. The number of nitrogens with one attached hydrogen (secondary N) is 1. The third kappa shape index (κ3) is 6.70. The second-order valence-electron chi connectivity index (χ2n) is 4.83. The maximum atomic E-state index is 12.0. The second kappa shape index (κ2) is 9.05. The molecular weight excluding hydrogens is 315 g/mol. The number of benzene rings is 1. The van der Waals surface area contributed by atoms with E-state index in [4.69, 9.17) is 0 Å². The van der Waals surface area contributed by atoms with Crippen molar-refractivity contribution in [3.05, 3.63) is 29.8 Å². The van der Waals surface area contributed by atoms with E-state index >= 15 is 0 Å². The molecule has 1 amide bonds. The quantitative estimate of drug-likeness (QED) is 0.563. The van der Waals surface area contributed by atoms with E-state index in [-0.39, 0.29) is 13.0 Å². The summed E-state index contributed by atoms with van der Waals surface area (Å²) in [5, 5.41) is 11.7. The van der Waals surface area contributed by atoms with E-state index in [1.165, 1.54) is 0 Å². The summed E-state index contributed by atoms with van der Waals surface area (Å²) in [5.41, 5.74) is 0.641. The van der Waals surface area contributed by atoms with Gasteiger partial charge in [-0.05, 0) is 36.3 Å². The number of alkyl halides is 3. The smallest absolute Gasteiger partial charge is 0.388 e. The third-order valence-corrected chi connectivity index (χ3v) is 4.05. The van der Waals surface area contributed by atoms with Gasteiger partial charge in [0.15, 0.2) is 0 Å². The summed E-state index contributed by atoms with van der Waals surface area (Å²) in [6.45, 7) is 1.88. The molecule has 1 aromatic carbocycles. The van der Waals surface area contributed by atoms with E-state index in [1.54, 1.807) is 29.2 Å². The minimum atomic E-state index is -4.89. The lowest BCUT2D eigenvalue weighted by Gasteiger charge is -2.13. The third-order valence-electron chi connectivity index (χ3n) is 2.97. The van der Waals surface area contributed by atoms with Crippen LogP contribution in [0.1, 0.15) is 37.9 Å². The van der Waals surface area contributed by atoms with Crippen LogP contribution >= 0.6 is 11.8 Å². The molecule has 2 N–H and O–H groups in total. The molecule has 124 valence electrons. The van der Waals surface area contributed by atoms with Crippen LogP contribution in [0, 0.1) is 0 Å². The summed E-state index contributed by atoms with van der Waals surface area (Å²) in [4.78, 5) is 11.7. The largest absolute Gasteiger partial charge is 0.471 e. The lowest BCUT2D eigenvalue weighted by molar-refractivity contribution is -0.173. The Labute approximate surface area is 132 Å². The van der Waals surface area contributed by atoms with Crippen LogP contribution in [0.25, 0.3) is 0 Å². The topological polar surface area (TPSA) is 49.3 Å². The summed E-state index contributed by atoms with van der Waals surface area (Å²) in [7, 11) is 0. The highest BCUT2D eigenvalue weighted by Gasteiger charge is 2.38. The first-order valence-corrected chi connectivity index (χ1v) is 8.09. The number of carbonyl (C=O) groups excluding carboxylic acids is 1. The van der Waals surface area contributed by atoms with Crippen LogP contribution in [0.5, 0.6) is 0 Å². The van der Waals surface area contributed by atoms with Crippen LogP contribution in [0.3, 0.4) is 0 Å². The number of thioether (sulfide) groups is 1. The van der Waals surface area contributed by atoms with Crippen molar-refractivity contribution in [1.29, 1.82) is 0 Å². The number of amides is 1. The number of hydrogen-bond donors (Lipinski definition) is 2. The molecule has 3 nitrogen and oxygen atoms in total. The zero-order chi connectivity index (χ0) is 16.6. The molecule has 1 aromatic rings.